The van der Waals surface area contributed by atoms with Gasteiger partial charge in [0.1, 0.15) is 5.82 Å². The van der Waals surface area contributed by atoms with Crippen molar-refractivity contribution in [2.75, 3.05) is 42.9 Å². The van der Waals surface area contributed by atoms with E-state index < -0.39 is 11.7 Å². The van der Waals surface area contributed by atoms with Crippen molar-refractivity contribution in [3.63, 3.8) is 0 Å². The molecule has 0 bridgehead atoms. The van der Waals surface area contributed by atoms with E-state index in [2.05, 4.69) is 20.5 Å². The van der Waals surface area contributed by atoms with Gasteiger partial charge in [-0.05, 0) is 26.0 Å². The molecular weight excluding hydrogens is 361 g/mol. The largest absolute Gasteiger partial charge is 0.417 e. The fourth-order valence-corrected chi connectivity index (χ4v) is 2.99. The minimum absolute atomic E-state index is 0.122. The summed E-state index contributed by atoms with van der Waals surface area (Å²) < 4.78 is 37.8. The molecule has 1 fully saturated rings. The molecule has 10 heteroatoms. The molecule has 1 amide bonds. The molecule has 0 saturated carbocycles. The Morgan fingerprint density at radius 2 is 1.93 bits per heavy atom. The number of anilines is 2. The lowest BCUT2D eigenvalue weighted by molar-refractivity contribution is -0.137. The molecule has 27 heavy (non-hydrogen) atoms. The van der Waals surface area contributed by atoms with Crippen LogP contribution in [-0.4, -0.2) is 58.7 Å². The van der Waals surface area contributed by atoms with Crippen molar-refractivity contribution < 1.29 is 18.0 Å². The molecular formula is C17H21F3N6O. The molecule has 0 spiro atoms. The summed E-state index contributed by atoms with van der Waals surface area (Å²) in [6, 6.07) is 2.42. The number of pyridine rings is 1. The molecule has 1 saturated heterocycles. The van der Waals surface area contributed by atoms with Gasteiger partial charge in [-0.1, -0.05) is 0 Å². The average Bonchev–Trinajstić information content (AvgIpc) is 2.94. The van der Waals surface area contributed by atoms with E-state index in [1.807, 2.05) is 23.6 Å². The minimum Gasteiger partial charge on any atom is -0.354 e. The first-order valence-electron chi connectivity index (χ1n) is 8.56. The highest BCUT2D eigenvalue weighted by molar-refractivity contribution is 5.93. The van der Waals surface area contributed by atoms with Crippen molar-refractivity contribution in [2.45, 2.75) is 20.0 Å². The number of H-pyrrole nitrogens is 1. The van der Waals surface area contributed by atoms with Crippen molar-refractivity contribution in [3.05, 3.63) is 35.3 Å². The summed E-state index contributed by atoms with van der Waals surface area (Å²) in [6.45, 7) is 6.34. The van der Waals surface area contributed by atoms with Crippen LogP contribution in [0.2, 0.25) is 0 Å². The highest BCUT2D eigenvalue weighted by Crippen LogP contribution is 2.29. The third-order valence-electron chi connectivity index (χ3n) is 4.53. The first kappa shape index (κ1) is 19.2. The van der Waals surface area contributed by atoms with Crippen LogP contribution in [0.1, 0.15) is 17.0 Å². The van der Waals surface area contributed by atoms with Gasteiger partial charge < -0.3 is 10.2 Å². The predicted molar refractivity (Wildman–Crippen MR) is 94.6 cm³/mol. The predicted octanol–water partition coefficient (Wildman–Crippen LogP) is 2.20. The van der Waals surface area contributed by atoms with Gasteiger partial charge in [0.25, 0.3) is 0 Å². The second kappa shape index (κ2) is 7.55. The van der Waals surface area contributed by atoms with Crippen LogP contribution in [0, 0.1) is 13.8 Å². The van der Waals surface area contributed by atoms with E-state index in [1.54, 1.807) is 0 Å². The Hall–Kier alpha value is -2.62. The number of rotatable bonds is 4. The van der Waals surface area contributed by atoms with Crippen LogP contribution in [0.5, 0.6) is 0 Å². The van der Waals surface area contributed by atoms with E-state index in [9.17, 15) is 18.0 Å². The number of piperazine rings is 1. The van der Waals surface area contributed by atoms with E-state index in [4.69, 9.17) is 0 Å². The SMILES string of the molecule is Cc1n[nH]c(C)c1NC(=O)CN1CCN(c2ccc(C(F)(F)F)cn2)CC1. The lowest BCUT2D eigenvalue weighted by atomic mass is 10.2. The van der Waals surface area contributed by atoms with Crippen molar-refractivity contribution in [3.8, 4) is 0 Å². The number of aromatic amines is 1. The van der Waals surface area contributed by atoms with Gasteiger partial charge in [-0.25, -0.2) is 4.98 Å². The van der Waals surface area contributed by atoms with Crippen LogP contribution in [0.3, 0.4) is 0 Å². The zero-order chi connectivity index (χ0) is 19.6. The lowest BCUT2D eigenvalue weighted by Gasteiger charge is -2.35. The number of aryl methyl sites for hydroxylation is 2. The number of halogens is 3. The van der Waals surface area contributed by atoms with Crippen LogP contribution in [0.15, 0.2) is 18.3 Å². The summed E-state index contributed by atoms with van der Waals surface area (Å²) in [5.74, 6) is 0.389. The standard InChI is InChI=1S/C17H21F3N6O/c1-11-16(12(2)24-23-11)22-15(27)10-25-5-7-26(8-6-25)14-4-3-13(9-21-14)17(18,19)20/h3-4,9H,5-8,10H2,1-2H3,(H,22,27)(H,23,24). The Labute approximate surface area is 154 Å². The van der Waals surface area contributed by atoms with Gasteiger partial charge in [-0.15, -0.1) is 0 Å². The Balaban J connectivity index is 1.51. The average molecular weight is 382 g/mol. The Bertz CT molecular complexity index is 774. The van der Waals surface area contributed by atoms with Crippen molar-refractivity contribution in [1.82, 2.24) is 20.1 Å². The van der Waals surface area contributed by atoms with E-state index in [1.165, 1.54) is 6.07 Å². The Kier molecular flexibility index (Phi) is 5.36. The number of hydrogen-bond donors (Lipinski definition) is 2. The zero-order valence-electron chi connectivity index (χ0n) is 15.1. The summed E-state index contributed by atoms with van der Waals surface area (Å²) in [5.41, 5.74) is 1.48. The smallest absolute Gasteiger partial charge is 0.354 e. The molecule has 3 heterocycles. The molecule has 2 aromatic heterocycles. The fourth-order valence-electron chi connectivity index (χ4n) is 2.99. The highest BCUT2D eigenvalue weighted by Gasteiger charge is 2.31. The molecule has 0 aromatic carbocycles. The van der Waals surface area contributed by atoms with E-state index in [0.717, 1.165) is 23.7 Å². The summed E-state index contributed by atoms with van der Waals surface area (Å²) in [7, 11) is 0. The minimum atomic E-state index is -4.39. The number of carbonyl (C=O) groups excluding carboxylic acids is 1. The number of carbonyl (C=O) groups is 1. The number of hydrogen-bond acceptors (Lipinski definition) is 5. The van der Waals surface area contributed by atoms with E-state index >= 15 is 0 Å². The molecule has 146 valence electrons. The molecule has 3 rings (SSSR count). The molecule has 0 aliphatic carbocycles. The second-order valence-electron chi connectivity index (χ2n) is 6.52. The van der Waals surface area contributed by atoms with Crippen molar-refractivity contribution >= 4 is 17.4 Å². The number of alkyl halides is 3. The summed E-state index contributed by atoms with van der Waals surface area (Å²) in [6.07, 6.45) is -3.53. The maximum atomic E-state index is 12.6. The molecule has 7 nitrogen and oxygen atoms in total. The van der Waals surface area contributed by atoms with E-state index in [-0.39, 0.29) is 12.5 Å². The van der Waals surface area contributed by atoms with Gasteiger partial charge >= 0.3 is 6.18 Å². The zero-order valence-corrected chi connectivity index (χ0v) is 15.1. The number of nitrogens with zero attached hydrogens (tertiary/aromatic N) is 4. The first-order chi connectivity index (χ1) is 12.7. The molecule has 2 N–H and O–H groups in total. The van der Waals surface area contributed by atoms with Gasteiger partial charge in [-0.2, -0.15) is 18.3 Å². The Morgan fingerprint density at radius 1 is 1.22 bits per heavy atom. The molecule has 2 aromatic rings. The molecule has 0 unspecified atom stereocenters. The van der Waals surface area contributed by atoms with Gasteiger partial charge in [0.15, 0.2) is 0 Å². The summed E-state index contributed by atoms with van der Waals surface area (Å²) in [5, 5.41) is 9.73. The first-order valence-corrected chi connectivity index (χ1v) is 8.56. The molecule has 0 radical (unpaired) electrons. The van der Waals surface area contributed by atoms with Crippen LogP contribution in [-0.2, 0) is 11.0 Å². The molecule has 0 atom stereocenters. The number of nitrogens with one attached hydrogen (secondary N) is 2. The van der Waals surface area contributed by atoms with E-state index in [0.29, 0.717) is 37.7 Å². The molecule has 1 aliphatic heterocycles. The highest BCUT2D eigenvalue weighted by atomic mass is 19.4. The topological polar surface area (TPSA) is 77.2 Å². The van der Waals surface area contributed by atoms with Crippen molar-refractivity contribution in [1.29, 1.82) is 0 Å². The molecule has 1 aliphatic rings. The van der Waals surface area contributed by atoms with Crippen LogP contribution < -0.4 is 10.2 Å². The van der Waals surface area contributed by atoms with Crippen molar-refractivity contribution in [2.24, 2.45) is 0 Å². The second-order valence-corrected chi connectivity index (χ2v) is 6.52. The number of amides is 1. The summed E-state index contributed by atoms with van der Waals surface area (Å²) in [4.78, 5) is 20.1. The summed E-state index contributed by atoms with van der Waals surface area (Å²) >= 11 is 0. The monoisotopic (exact) mass is 382 g/mol. The fraction of sp³-hybridized carbons (Fsp3) is 0.471. The van der Waals surface area contributed by atoms with Gasteiger partial charge in [0, 0.05) is 32.4 Å². The maximum absolute atomic E-state index is 12.6. The normalized spacial score (nSPS) is 15.8. The lowest BCUT2D eigenvalue weighted by Crippen LogP contribution is -2.49. The third-order valence-corrected chi connectivity index (χ3v) is 4.53. The van der Waals surface area contributed by atoms with Crippen LogP contribution in [0.4, 0.5) is 24.7 Å². The van der Waals surface area contributed by atoms with Gasteiger partial charge in [-0.3, -0.25) is 14.8 Å². The Morgan fingerprint density at radius 3 is 2.44 bits per heavy atom. The van der Waals surface area contributed by atoms with Gasteiger partial charge in [0.05, 0.1) is 29.2 Å². The quantitative estimate of drug-likeness (QED) is 0.848. The maximum Gasteiger partial charge on any atom is 0.417 e. The van der Waals surface area contributed by atoms with Crippen LogP contribution in [0.25, 0.3) is 0 Å². The van der Waals surface area contributed by atoms with Gasteiger partial charge in [0.2, 0.25) is 5.91 Å². The third kappa shape index (κ3) is 4.57. The number of aromatic nitrogens is 3. The van der Waals surface area contributed by atoms with Crippen LogP contribution >= 0.6 is 0 Å².